The standard InChI is InChI=1S/C25H29N7O/c1-18-14-30(8-9-31(18)21-5-10-33-15-21)23-12-24(28-17-27-23)32-22-11-20(4-3-19(22)13-29-32)25(16-26)6-2-7-25/h3-4,11-13,17-18,21H,2,5-10,14-15H2,1H3/t18-,21?/m0/s1. The molecule has 0 amide bonds. The van der Waals surface area contributed by atoms with Crippen LogP contribution in [0.4, 0.5) is 5.82 Å². The van der Waals surface area contributed by atoms with Gasteiger partial charge in [0.25, 0.3) is 0 Å². The fourth-order valence-corrected chi connectivity index (χ4v) is 5.63. The fraction of sp³-hybridized carbons (Fsp3) is 0.520. The summed E-state index contributed by atoms with van der Waals surface area (Å²) in [5.74, 6) is 1.69. The minimum absolute atomic E-state index is 0.347. The number of ether oxygens (including phenoxy) is 1. The number of rotatable bonds is 4. The van der Waals surface area contributed by atoms with Crippen LogP contribution in [0.3, 0.4) is 0 Å². The number of fused-ring (bicyclic) bond motifs is 1. The van der Waals surface area contributed by atoms with Crippen molar-refractivity contribution in [1.29, 1.82) is 5.26 Å². The summed E-state index contributed by atoms with van der Waals surface area (Å²) in [7, 11) is 0. The van der Waals surface area contributed by atoms with E-state index in [4.69, 9.17) is 4.74 Å². The molecule has 2 atom stereocenters. The molecule has 4 heterocycles. The third-order valence-electron chi connectivity index (χ3n) is 7.78. The molecule has 1 aromatic carbocycles. The van der Waals surface area contributed by atoms with E-state index < -0.39 is 0 Å². The Labute approximate surface area is 193 Å². The van der Waals surface area contributed by atoms with E-state index >= 15 is 0 Å². The topological polar surface area (TPSA) is 83.1 Å². The molecule has 0 N–H and O–H groups in total. The zero-order valence-corrected chi connectivity index (χ0v) is 19.0. The Hall–Kier alpha value is -3.02. The van der Waals surface area contributed by atoms with Crippen LogP contribution in [0.25, 0.3) is 16.7 Å². The molecule has 3 fully saturated rings. The SMILES string of the molecule is C[C@H]1CN(c2cc(-n3ncc4ccc(C5(C#N)CCC5)cc43)ncn2)CCN1C1CCOC1. The van der Waals surface area contributed by atoms with Gasteiger partial charge >= 0.3 is 0 Å². The Bertz CT molecular complexity index is 1200. The van der Waals surface area contributed by atoms with Crippen LogP contribution in [0.15, 0.2) is 36.8 Å². The number of nitrogens with zero attached hydrogens (tertiary/aromatic N) is 7. The first kappa shape index (κ1) is 20.6. The van der Waals surface area contributed by atoms with E-state index in [2.05, 4.69) is 56.1 Å². The first-order valence-electron chi connectivity index (χ1n) is 12.0. The van der Waals surface area contributed by atoms with Crippen LogP contribution < -0.4 is 4.90 Å². The Morgan fingerprint density at radius 1 is 1.15 bits per heavy atom. The van der Waals surface area contributed by atoms with E-state index in [1.165, 1.54) is 0 Å². The normalized spacial score (nSPS) is 25.2. The number of hydrogen-bond donors (Lipinski definition) is 0. The van der Waals surface area contributed by atoms with Crippen LogP contribution in [0.1, 0.15) is 38.2 Å². The molecule has 2 saturated heterocycles. The highest BCUT2D eigenvalue weighted by molar-refractivity contribution is 5.81. The average Bonchev–Trinajstić information content (AvgIpc) is 3.49. The van der Waals surface area contributed by atoms with Gasteiger partial charge in [-0.1, -0.05) is 12.1 Å². The molecule has 1 unspecified atom stereocenters. The number of piperazine rings is 1. The van der Waals surface area contributed by atoms with E-state index in [0.717, 1.165) is 86.6 Å². The fourth-order valence-electron chi connectivity index (χ4n) is 5.63. The summed E-state index contributed by atoms with van der Waals surface area (Å²) in [5.41, 5.74) is 1.72. The van der Waals surface area contributed by atoms with E-state index in [1.807, 2.05) is 16.9 Å². The predicted molar refractivity (Wildman–Crippen MR) is 125 cm³/mol. The second-order valence-electron chi connectivity index (χ2n) is 9.66. The maximum Gasteiger partial charge on any atom is 0.159 e. The van der Waals surface area contributed by atoms with Crippen LogP contribution in [0, 0.1) is 11.3 Å². The minimum atomic E-state index is -0.347. The zero-order valence-electron chi connectivity index (χ0n) is 19.0. The Balaban J connectivity index is 1.28. The van der Waals surface area contributed by atoms with E-state index in [1.54, 1.807) is 6.33 Å². The highest BCUT2D eigenvalue weighted by Gasteiger charge is 2.39. The summed E-state index contributed by atoms with van der Waals surface area (Å²) in [4.78, 5) is 14.1. The summed E-state index contributed by atoms with van der Waals surface area (Å²) < 4.78 is 7.48. The van der Waals surface area contributed by atoms with Crippen molar-refractivity contribution < 1.29 is 4.74 Å². The maximum absolute atomic E-state index is 9.78. The van der Waals surface area contributed by atoms with Gasteiger partial charge in [-0.2, -0.15) is 10.4 Å². The van der Waals surface area contributed by atoms with Crippen molar-refractivity contribution in [3.63, 3.8) is 0 Å². The van der Waals surface area contributed by atoms with Crippen molar-refractivity contribution >= 4 is 16.7 Å². The van der Waals surface area contributed by atoms with Gasteiger partial charge in [0.05, 0.1) is 29.8 Å². The molecule has 2 aliphatic heterocycles. The zero-order chi connectivity index (χ0) is 22.4. The summed E-state index contributed by atoms with van der Waals surface area (Å²) in [6, 6.07) is 11.8. The molecule has 1 saturated carbocycles. The van der Waals surface area contributed by atoms with Gasteiger partial charge in [-0.25, -0.2) is 14.6 Å². The third kappa shape index (κ3) is 3.47. The first-order chi connectivity index (χ1) is 16.2. The molecule has 170 valence electrons. The first-order valence-corrected chi connectivity index (χ1v) is 12.0. The van der Waals surface area contributed by atoms with Crippen molar-refractivity contribution in [1.82, 2.24) is 24.6 Å². The third-order valence-corrected chi connectivity index (χ3v) is 7.78. The van der Waals surface area contributed by atoms with Crippen LogP contribution in [0.5, 0.6) is 0 Å². The lowest BCUT2D eigenvalue weighted by molar-refractivity contribution is 0.105. The average molecular weight is 444 g/mol. The van der Waals surface area contributed by atoms with Crippen LogP contribution in [0.2, 0.25) is 0 Å². The van der Waals surface area contributed by atoms with Gasteiger partial charge < -0.3 is 9.64 Å². The van der Waals surface area contributed by atoms with Gasteiger partial charge in [-0.05, 0) is 44.2 Å². The van der Waals surface area contributed by atoms with E-state index in [-0.39, 0.29) is 5.41 Å². The van der Waals surface area contributed by atoms with Crippen molar-refractivity contribution in [2.45, 2.75) is 50.1 Å². The molecule has 0 spiro atoms. The molecule has 6 rings (SSSR count). The maximum atomic E-state index is 9.78. The molecule has 0 bridgehead atoms. The molecule has 0 radical (unpaired) electrons. The highest BCUT2D eigenvalue weighted by Crippen LogP contribution is 2.43. The van der Waals surface area contributed by atoms with Crippen LogP contribution in [-0.4, -0.2) is 69.6 Å². The van der Waals surface area contributed by atoms with E-state index in [0.29, 0.717) is 12.1 Å². The number of anilines is 1. The predicted octanol–water partition coefficient (Wildman–Crippen LogP) is 3.06. The number of nitriles is 1. The molecule has 1 aliphatic carbocycles. The van der Waals surface area contributed by atoms with Crippen molar-refractivity contribution in [3.8, 4) is 11.9 Å². The second-order valence-corrected chi connectivity index (χ2v) is 9.66. The van der Waals surface area contributed by atoms with Gasteiger partial charge in [0.2, 0.25) is 0 Å². The molecule has 33 heavy (non-hydrogen) atoms. The summed E-state index contributed by atoms with van der Waals surface area (Å²) in [6.45, 7) is 6.90. The smallest absolute Gasteiger partial charge is 0.159 e. The minimum Gasteiger partial charge on any atom is -0.380 e. The highest BCUT2D eigenvalue weighted by atomic mass is 16.5. The molecular formula is C25H29N7O. The quantitative estimate of drug-likeness (QED) is 0.613. The van der Waals surface area contributed by atoms with Crippen molar-refractivity contribution in [3.05, 3.63) is 42.4 Å². The number of aromatic nitrogens is 4. The van der Waals surface area contributed by atoms with Gasteiger partial charge in [0.15, 0.2) is 5.82 Å². The lowest BCUT2D eigenvalue weighted by Gasteiger charge is -2.43. The molecular weight excluding hydrogens is 414 g/mol. The van der Waals surface area contributed by atoms with Crippen LogP contribution >= 0.6 is 0 Å². The molecule has 8 nitrogen and oxygen atoms in total. The van der Waals surface area contributed by atoms with Gasteiger partial charge in [-0.15, -0.1) is 0 Å². The Kier molecular flexibility index (Phi) is 5.04. The lowest BCUT2D eigenvalue weighted by Crippen LogP contribution is -2.55. The Morgan fingerprint density at radius 2 is 2.03 bits per heavy atom. The van der Waals surface area contributed by atoms with Gasteiger partial charge in [0, 0.05) is 49.8 Å². The number of benzene rings is 1. The van der Waals surface area contributed by atoms with E-state index in [9.17, 15) is 5.26 Å². The largest absolute Gasteiger partial charge is 0.380 e. The number of hydrogen-bond acceptors (Lipinski definition) is 7. The summed E-state index contributed by atoms with van der Waals surface area (Å²) in [5, 5.41) is 15.5. The monoisotopic (exact) mass is 443 g/mol. The van der Waals surface area contributed by atoms with Crippen molar-refractivity contribution in [2.75, 3.05) is 37.7 Å². The van der Waals surface area contributed by atoms with Crippen LogP contribution in [-0.2, 0) is 10.2 Å². The van der Waals surface area contributed by atoms with Crippen molar-refractivity contribution in [2.24, 2.45) is 0 Å². The second kappa shape index (κ2) is 8.08. The lowest BCUT2D eigenvalue weighted by atomic mass is 9.65. The molecule has 2 aromatic heterocycles. The Morgan fingerprint density at radius 3 is 2.76 bits per heavy atom. The molecule has 3 aliphatic rings. The molecule has 3 aromatic rings. The summed E-state index contributed by atoms with van der Waals surface area (Å²) in [6.07, 6.45) is 7.59. The summed E-state index contributed by atoms with van der Waals surface area (Å²) >= 11 is 0. The van der Waals surface area contributed by atoms with Gasteiger partial charge in [-0.3, -0.25) is 4.90 Å². The van der Waals surface area contributed by atoms with Gasteiger partial charge in [0.1, 0.15) is 12.1 Å². The molecule has 8 heteroatoms.